The molecule has 0 saturated carbocycles. The van der Waals surface area contributed by atoms with E-state index in [0.717, 1.165) is 5.69 Å². The van der Waals surface area contributed by atoms with Crippen molar-refractivity contribution in [2.75, 3.05) is 14.2 Å². The van der Waals surface area contributed by atoms with Crippen LogP contribution in [0.3, 0.4) is 0 Å². The Hall–Kier alpha value is -2.76. The van der Waals surface area contributed by atoms with E-state index in [1.807, 2.05) is 16.8 Å². The average molecular weight is 408 g/mol. The minimum atomic E-state index is -3.97. The lowest BCUT2D eigenvalue weighted by atomic mass is 10.2. The van der Waals surface area contributed by atoms with Crippen molar-refractivity contribution in [3.05, 3.63) is 52.5 Å². The number of thiophene rings is 1. The van der Waals surface area contributed by atoms with Gasteiger partial charge in [-0.05, 0) is 29.6 Å². The maximum atomic E-state index is 12.7. The van der Waals surface area contributed by atoms with Gasteiger partial charge in [-0.2, -0.15) is 11.3 Å². The van der Waals surface area contributed by atoms with E-state index in [0.29, 0.717) is 5.69 Å². The van der Waals surface area contributed by atoms with Crippen LogP contribution in [0.4, 0.5) is 0 Å². The molecule has 0 bridgehead atoms. The van der Waals surface area contributed by atoms with Crippen LogP contribution in [-0.4, -0.2) is 43.6 Å². The predicted molar refractivity (Wildman–Crippen MR) is 97.6 cm³/mol. The molecule has 0 amide bonds. The van der Waals surface area contributed by atoms with Gasteiger partial charge in [0.25, 0.3) is 0 Å². The molecule has 0 unspecified atom stereocenters. The van der Waals surface area contributed by atoms with Crippen LogP contribution in [0.15, 0.2) is 46.1 Å². The van der Waals surface area contributed by atoms with Crippen LogP contribution in [0.2, 0.25) is 0 Å². The monoisotopic (exact) mass is 408 g/mol. The minimum Gasteiger partial charge on any atom is -0.495 e. The van der Waals surface area contributed by atoms with Gasteiger partial charge in [-0.25, -0.2) is 22.6 Å². The Balaban J connectivity index is 1.81. The number of nitrogens with one attached hydrogen (secondary N) is 1. The summed E-state index contributed by atoms with van der Waals surface area (Å²) in [6.07, 6.45) is 1.63. The zero-order valence-electron chi connectivity index (χ0n) is 14.4. The van der Waals surface area contributed by atoms with Gasteiger partial charge in [0.2, 0.25) is 10.0 Å². The zero-order valence-corrected chi connectivity index (χ0v) is 16.1. The summed E-state index contributed by atoms with van der Waals surface area (Å²) in [5.74, 6) is -0.537. The number of esters is 1. The van der Waals surface area contributed by atoms with Crippen molar-refractivity contribution in [3.63, 3.8) is 0 Å². The Kier molecular flexibility index (Phi) is 5.54. The first kappa shape index (κ1) is 19.0. The number of rotatable bonds is 7. The van der Waals surface area contributed by atoms with E-state index in [9.17, 15) is 13.2 Å². The second-order valence-electron chi connectivity index (χ2n) is 5.32. The van der Waals surface area contributed by atoms with Gasteiger partial charge >= 0.3 is 5.97 Å². The summed E-state index contributed by atoms with van der Waals surface area (Å²) >= 11 is 1.52. The number of carbonyl (C=O) groups excluding carboxylic acids is 1. The Morgan fingerprint density at radius 3 is 2.78 bits per heavy atom. The quantitative estimate of drug-likeness (QED) is 0.591. The lowest BCUT2D eigenvalue weighted by Crippen LogP contribution is -2.24. The molecule has 0 aliphatic carbocycles. The molecule has 1 N–H and O–H groups in total. The molecule has 0 radical (unpaired) electrons. The number of methoxy groups -OCH3 is 2. The summed E-state index contributed by atoms with van der Waals surface area (Å²) in [5.41, 5.74) is 1.38. The van der Waals surface area contributed by atoms with Crippen LogP contribution < -0.4 is 9.46 Å². The van der Waals surface area contributed by atoms with Crippen molar-refractivity contribution in [1.82, 2.24) is 19.7 Å². The highest BCUT2D eigenvalue weighted by Crippen LogP contribution is 2.25. The molecular formula is C16H16N4O5S2. The van der Waals surface area contributed by atoms with Crippen LogP contribution in [-0.2, 0) is 21.3 Å². The fourth-order valence-corrected chi connectivity index (χ4v) is 4.09. The minimum absolute atomic E-state index is 0.0714. The maximum Gasteiger partial charge on any atom is 0.337 e. The normalized spacial score (nSPS) is 11.3. The zero-order chi connectivity index (χ0) is 19.4. The summed E-state index contributed by atoms with van der Waals surface area (Å²) in [7, 11) is -1.40. The lowest BCUT2D eigenvalue weighted by molar-refractivity contribution is 0.0600. The van der Waals surface area contributed by atoms with Crippen LogP contribution in [0.5, 0.6) is 5.75 Å². The van der Waals surface area contributed by atoms with E-state index < -0.39 is 16.0 Å². The molecular weight excluding hydrogens is 392 g/mol. The van der Waals surface area contributed by atoms with E-state index in [-0.39, 0.29) is 22.8 Å². The van der Waals surface area contributed by atoms with Crippen molar-refractivity contribution in [1.29, 1.82) is 0 Å². The topological polar surface area (TPSA) is 112 Å². The van der Waals surface area contributed by atoms with Crippen LogP contribution in [0, 0.1) is 0 Å². The molecule has 3 aromatic rings. The van der Waals surface area contributed by atoms with Gasteiger partial charge in [-0.1, -0.05) is 5.21 Å². The number of sulfonamides is 1. The van der Waals surface area contributed by atoms with Crippen molar-refractivity contribution in [2.24, 2.45) is 0 Å². The summed E-state index contributed by atoms with van der Waals surface area (Å²) in [5, 5.41) is 11.7. The highest BCUT2D eigenvalue weighted by molar-refractivity contribution is 7.89. The molecule has 11 heteroatoms. The third kappa shape index (κ3) is 4.15. The summed E-state index contributed by atoms with van der Waals surface area (Å²) in [6.45, 7) is -0.0714. The number of benzene rings is 1. The summed E-state index contributed by atoms with van der Waals surface area (Å²) in [6, 6.07) is 5.90. The fraction of sp³-hybridized carbons (Fsp3) is 0.188. The van der Waals surface area contributed by atoms with Gasteiger partial charge in [0, 0.05) is 5.38 Å². The van der Waals surface area contributed by atoms with Gasteiger partial charge in [-0.15, -0.1) is 5.10 Å². The number of hydrogen-bond acceptors (Lipinski definition) is 8. The van der Waals surface area contributed by atoms with Gasteiger partial charge < -0.3 is 9.47 Å². The van der Waals surface area contributed by atoms with Crippen molar-refractivity contribution >= 4 is 27.3 Å². The van der Waals surface area contributed by atoms with Crippen molar-refractivity contribution < 1.29 is 22.7 Å². The SMILES string of the molecule is COC(=O)c1ccc(OC)c(S(=O)(=O)NCc2cn(-c3ccsc3)nn2)c1. The summed E-state index contributed by atoms with van der Waals surface area (Å²) < 4.78 is 39.1. The predicted octanol–water partition coefficient (Wildman–Crippen LogP) is 1.60. The molecule has 9 nitrogen and oxygen atoms in total. The standard InChI is InChI=1S/C16H16N4O5S2/c1-24-14-4-3-11(16(21)25-2)7-15(14)27(22,23)17-8-12-9-20(19-18-12)13-5-6-26-10-13/h3-7,9-10,17H,8H2,1-2H3. The lowest BCUT2D eigenvalue weighted by Gasteiger charge is -2.11. The van der Waals surface area contributed by atoms with Gasteiger partial charge in [0.15, 0.2) is 0 Å². The Labute approximate surface area is 159 Å². The first-order valence-corrected chi connectivity index (χ1v) is 10.1. The third-order valence-corrected chi connectivity index (χ3v) is 5.72. The molecule has 27 heavy (non-hydrogen) atoms. The molecule has 0 saturated heterocycles. The number of nitrogens with zero attached hydrogens (tertiary/aromatic N) is 3. The van der Waals surface area contributed by atoms with E-state index >= 15 is 0 Å². The van der Waals surface area contributed by atoms with Crippen LogP contribution in [0.25, 0.3) is 5.69 Å². The maximum absolute atomic E-state index is 12.7. The molecule has 2 aromatic heterocycles. The second kappa shape index (κ2) is 7.86. The first-order chi connectivity index (χ1) is 12.9. The fourth-order valence-electron chi connectivity index (χ4n) is 2.27. The molecule has 1 aromatic carbocycles. The second-order valence-corrected chi connectivity index (χ2v) is 7.83. The molecule has 0 spiro atoms. The smallest absolute Gasteiger partial charge is 0.337 e. The molecule has 0 fully saturated rings. The molecule has 3 rings (SSSR count). The Morgan fingerprint density at radius 1 is 1.30 bits per heavy atom. The van der Waals surface area contributed by atoms with Crippen molar-refractivity contribution in [2.45, 2.75) is 11.4 Å². The van der Waals surface area contributed by atoms with E-state index in [1.165, 1.54) is 43.8 Å². The number of hydrogen-bond donors (Lipinski definition) is 1. The van der Waals surface area contributed by atoms with Gasteiger partial charge in [0.05, 0.1) is 43.9 Å². The van der Waals surface area contributed by atoms with Crippen molar-refractivity contribution in [3.8, 4) is 11.4 Å². The Bertz CT molecular complexity index is 1040. The highest BCUT2D eigenvalue weighted by atomic mass is 32.2. The first-order valence-electron chi connectivity index (χ1n) is 7.64. The van der Waals surface area contributed by atoms with Gasteiger partial charge in [-0.3, -0.25) is 0 Å². The molecule has 0 aliphatic rings. The average Bonchev–Trinajstić information content (AvgIpc) is 3.36. The molecule has 0 atom stereocenters. The molecule has 0 aliphatic heterocycles. The number of carbonyl (C=O) groups is 1. The number of ether oxygens (including phenoxy) is 2. The van der Waals surface area contributed by atoms with Gasteiger partial charge in [0.1, 0.15) is 10.6 Å². The third-order valence-electron chi connectivity index (χ3n) is 3.63. The largest absolute Gasteiger partial charge is 0.495 e. The molecule has 142 valence electrons. The van der Waals surface area contributed by atoms with Crippen LogP contribution >= 0.6 is 11.3 Å². The van der Waals surface area contributed by atoms with E-state index in [1.54, 1.807) is 10.9 Å². The van der Waals surface area contributed by atoms with E-state index in [2.05, 4.69) is 19.8 Å². The molecule has 2 heterocycles. The highest BCUT2D eigenvalue weighted by Gasteiger charge is 2.22. The van der Waals surface area contributed by atoms with E-state index in [4.69, 9.17) is 4.74 Å². The number of aromatic nitrogens is 3. The Morgan fingerprint density at radius 2 is 2.11 bits per heavy atom. The summed E-state index contributed by atoms with van der Waals surface area (Å²) in [4.78, 5) is 11.5. The van der Waals surface area contributed by atoms with Crippen LogP contribution in [0.1, 0.15) is 16.1 Å².